The molecule has 2 heterocycles. The minimum Gasteiger partial charge on any atom is -0.373 e. The first-order chi connectivity index (χ1) is 8.74. The van der Waals surface area contributed by atoms with Crippen molar-refractivity contribution in [1.29, 1.82) is 0 Å². The van der Waals surface area contributed by atoms with Crippen molar-refractivity contribution in [3.05, 3.63) is 41.6 Å². The molecular formula is C13H14N4O. The molecule has 5 nitrogen and oxygen atoms in total. The van der Waals surface area contributed by atoms with Crippen molar-refractivity contribution >= 4 is 17.4 Å². The highest BCUT2D eigenvalue weighted by Crippen LogP contribution is 2.25. The van der Waals surface area contributed by atoms with Crippen molar-refractivity contribution in [2.45, 2.75) is 19.4 Å². The van der Waals surface area contributed by atoms with Crippen LogP contribution in [0.25, 0.3) is 0 Å². The van der Waals surface area contributed by atoms with E-state index >= 15 is 0 Å². The first kappa shape index (κ1) is 10.8. The van der Waals surface area contributed by atoms with E-state index < -0.39 is 0 Å². The summed E-state index contributed by atoms with van der Waals surface area (Å²) in [5.41, 5.74) is 3.15. The molecule has 1 atom stereocenters. The van der Waals surface area contributed by atoms with Crippen LogP contribution in [-0.2, 0) is 11.2 Å². The number of aromatic amines is 1. The van der Waals surface area contributed by atoms with Gasteiger partial charge in [-0.3, -0.25) is 9.89 Å². The maximum Gasteiger partial charge on any atom is 0.248 e. The van der Waals surface area contributed by atoms with E-state index in [1.807, 2.05) is 31.2 Å². The Morgan fingerprint density at radius 3 is 3.00 bits per heavy atom. The molecular weight excluding hydrogens is 228 g/mol. The number of rotatable bonds is 2. The van der Waals surface area contributed by atoms with Gasteiger partial charge in [-0.25, -0.2) is 0 Å². The van der Waals surface area contributed by atoms with Crippen LogP contribution in [0.4, 0.5) is 11.5 Å². The molecule has 0 spiro atoms. The van der Waals surface area contributed by atoms with E-state index in [9.17, 15) is 4.79 Å². The van der Waals surface area contributed by atoms with Gasteiger partial charge >= 0.3 is 0 Å². The van der Waals surface area contributed by atoms with E-state index in [1.54, 1.807) is 6.20 Å². The Morgan fingerprint density at radius 1 is 1.44 bits per heavy atom. The summed E-state index contributed by atoms with van der Waals surface area (Å²) in [4.78, 5) is 12.1. The number of amides is 1. The van der Waals surface area contributed by atoms with Crippen LogP contribution >= 0.6 is 0 Å². The molecule has 1 aliphatic rings. The van der Waals surface area contributed by atoms with Crippen molar-refractivity contribution in [2.75, 3.05) is 10.6 Å². The van der Waals surface area contributed by atoms with Crippen molar-refractivity contribution in [1.82, 2.24) is 10.2 Å². The summed E-state index contributed by atoms with van der Waals surface area (Å²) in [5.74, 6) is 0.622. The average molecular weight is 242 g/mol. The minimum absolute atomic E-state index is 0.0430. The fourth-order valence-corrected chi connectivity index (χ4v) is 2.14. The third kappa shape index (κ3) is 1.84. The first-order valence-electron chi connectivity index (χ1n) is 5.89. The van der Waals surface area contributed by atoms with E-state index in [2.05, 4.69) is 20.8 Å². The molecule has 92 valence electrons. The normalized spacial score (nSPS) is 17.1. The molecule has 0 bridgehead atoms. The third-order valence-corrected chi connectivity index (χ3v) is 3.16. The van der Waals surface area contributed by atoms with Crippen molar-refractivity contribution in [2.24, 2.45) is 0 Å². The molecule has 0 saturated heterocycles. The molecule has 3 rings (SSSR count). The molecule has 1 aromatic heterocycles. The van der Waals surface area contributed by atoms with Gasteiger partial charge in [0.25, 0.3) is 0 Å². The predicted molar refractivity (Wildman–Crippen MR) is 69.5 cm³/mol. The standard InChI is InChI=1S/C13H14N4O/c1-8-7-14-17-12(8)16-13(18)11-6-9-4-2-3-5-10(9)15-11/h2-5,7,11,15H,6H2,1H3,(H2,14,16,17,18). The smallest absolute Gasteiger partial charge is 0.248 e. The molecule has 0 aliphatic carbocycles. The van der Waals surface area contributed by atoms with Gasteiger partial charge in [0.05, 0.1) is 6.20 Å². The highest BCUT2D eigenvalue weighted by Gasteiger charge is 2.26. The van der Waals surface area contributed by atoms with Gasteiger partial charge in [0, 0.05) is 17.7 Å². The van der Waals surface area contributed by atoms with E-state index in [1.165, 1.54) is 5.56 Å². The van der Waals surface area contributed by atoms with Gasteiger partial charge in [-0.15, -0.1) is 0 Å². The van der Waals surface area contributed by atoms with Crippen LogP contribution in [0.15, 0.2) is 30.5 Å². The van der Waals surface area contributed by atoms with Gasteiger partial charge in [0.2, 0.25) is 5.91 Å². The summed E-state index contributed by atoms with van der Waals surface area (Å²) < 4.78 is 0. The number of benzene rings is 1. The Hall–Kier alpha value is -2.30. The molecule has 1 amide bonds. The Morgan fingerprint density at radius 2 is 2.28 bits per heavy atom. The van der Waals surface area contributed by atoms with Gasteiger partial charge in [-0.1, -0.05) is 18.2 Å². The zero-order valence-electron chi connectivity index (χ0n) is 10.0. The van der Waals surface area contributed by atoms with Gasteiger partial charge in [0.1, 0.15) is 11.9 Å². The molecule has 1 aliphatic heterocycles. The summed E-state index contributed by atoms with van der Waals surface area (Å²) in [6.45, 7) is 1.90. The largest absolute Gasteiger partial charge is 0.373 e. The van der Waals surface area contributed by atoms with Crippen LogP contribution in [0, 0.1) is 6.92 Å². The molecule has 0 radical (unpaired) electrons. The predicted octanol–water partition coefficient (Wildman–Crippen LogP) is 1.69. The second kappa shape index (κ2) is 4.18. The summed E-state index contributed by atoms with van der Waals surface area (Å²) in [6, 6.07) is 7.76. The Balaban J connectivity index is 1.71. The van der Waals surface area contributed by atoms with E-state index in [0.29, 0.717) is 5.82 Å². The SMILES string of the molecule is Cc1cn[nH]c1NC(=O)C1Cc2ccccc2N1. The van der Waals surface area contributed by atoms with Gasteiger partial charge in [-0.2, -0.15) is 5.10 Å². The van der Waals surface area contributed by atoms with Crippen LogP contribution in [0.5, 0.6) is 0 Å². The quantitative estimate of drug-likeness (QED) is 0.750. The highest BCUT2D eigenvalue weighted by atomic mass is 16.2. The molecule has 5 heteroatoms. The van der Waals surface area contributed by atoms with Crippen LogP contribution in [0.2, 0.25) is 0 Å². The van der Waals surface area contributed by atoms with Crippen molar-refractivity contribution in [3.63, 3.8) is 0 Å². The number of fused-ring (bicyclic) bond motifs is 1. The van der Waals surface area contributed by atoms with Gasteiger partial charge in [0.15, 0.2) is 0 Å². The number of aryl methyl sites for hydroxylation is 1. The zero-order valence-corrected chi connectivity index (χ0v) is 10.0. The van der Waals surface area contributed by atoms with Crippen LogP contribution in [0.3, 0.4) is 0 Å². The summed E-state index contributed by atoms with van der Waals surface area (Å²) in [5, 5.41) is 12.7. The average Bonchev–Trinajstić information content (AvgIpc) is 2.96. The molecule has 2 aromatic rings. The first-order valence-corrected chi connectivity index (χ1v) is 5.89. The van der Waals surface area contributed by atoms with E-state index in [4.69, 9.17) is 0 Å². The van der Waals surface area contributed by atoms with Gasteiger partial charge in [-0.05, 0) is 18.6 Å². The van der Waals surface area contributed by atoms with Crippen molar-refractivity contribution < 1.29 is 4.79 Å². The molecule has 0 saturated carbocycles. The molecule has 3 N–H and O–H groups in total. The Kier molecular flexibility index (Phi) is 2.51. The second-order valence-corrected chi connectivity index (χ2v) is 4.48. The fraction of sp³-hybridized carbons (Fsp3) is 0.231. The monoisotopic (exact) mass is 242 g/mol. The molecule has 0 fully saturated rings. The number of anilines is 2. The highest BCUT2D eigenvalue weighted by molar-refractivity contribution is 5.97. The third-order valence-electron chi connectivity index (χ3n) is 3.16. The van der Waals surface area contributed by atoms with Crippen LogP contribution in [-0.4, -0.2) is 22.1 Å². The number of para-hydroxylation sites is 1. The lowest BCUT2D eigenvalue weighted by atomic mass is 10.1. The lowest BCUT2D eigenvalue weighted by Gasteiger charge is -2.11. The number of nitrogens with one attached hydrogen (secondary N) is 3. The minimum atomic E-state index is -0.218. The van der Waals surface area contributed by atoms with Crippen molar-refractivity contribution in [3.8, 4) is 0 Å². The lowest BCUT2D eigenvalue weighted by molar-refractivity contribution is -0.116. The number of hydrogen-bond donors (Lipinski definition) is 3. The van der Waals surface area contributed by atoms with Crippen LogP contribution in [0.1, 0.15) is 11.1 Å². The summed E-state index contributed by atoms with van der Waals surface area (Å²) >= 11 is 0. The maximum absolute atomic E-state index is 12.1. The number of H-pyrrole nitrogens is 1. The van der Waals surface area contributed by atoms with Gasteiger partial charge < -0.3 is 10.6 Å². The number of hydrogen-bond acceptors (Lipinski definition) is 3. The maximum atomic E-state index is 12.1. The van der Waals surface area contributed by atoms with E-state index in [0.717, 1.165) is 17.7 Å². The van der Waals surface area contributed by atoms with Crippen LogP contribution < -0.4 is 10.6 Å². The number of carbonyl (C=O) groups is 1. The molecule has 1 aromatic carbocycles. The number of nitrogens with zero attached hydrogens (tertiary/aromatic N) is 1. The molecule has 18 heavy (non-hydrogen) atoms. The molecule has 1 unspecified atom stereocenters. The number of aromatic nitrogens is 2. The Labute approximate surface area is 105 Å². The lowest BCUT2D eigenvalue weighted by Crippen LogP contribution is -2.33. The second-order valence-electron chi connectivity index (χ2n) is 4.48. The fourth-order valence-electron chi connectivity index (χ4n) is 2.14. The Bertz CT molecular complexity index is 565. The summed E-state index contributed by atoms with van der Waals surface area (Å²) in [7, 11) is 0. The zero-order chi connectivity index (χ0) is 12.5. The summed E-state index contributed by atoms with van der Waals surface area (Å²) in [6.07, 6.45) is 2.40. The number of carbonyl (C=O) groups excluding carboxylic acids is 1. The van der Waals surface area contributed by atoms with E-state index in [-0.39, 0.29) is 11.9 Å². The topological polar surface area (TPSA) is 69.8 Å².